The SMILES string of the molecule is O=C(CCC(=O)OCC(O)CO)OCC(O)CO.O=C(CCC(=O)OCC(O)CO)OCC(O)CO.O=C(CCC(=O)OCC(O)CO)OCC(O)CO. The van der Waals surface area contributed by atoms with Crippen molar-refractivity contribution in [2.45, 2.75) is 75.1 Å². The van der Waals surface area contributed by atoms with Crippen LogP contribution >= 0.6 is 0 Å². The van der Waals surface area contributed by atoms with Crippen molar-refractivity contribution in [1.29, 1.82) is 0 Å². The summed E-state index contributed by atoms with van der Waals surface area (Å²) in [5, 5.41) is 104. The van der Waals surface area contributed by atoms with E-state index in [-0.39, 0.29) is 78.2 Å². The zero-order valence-electron chi connectivity index (χ0n) is 29.5. The van der Waals surface area contributed by atoms with Crippen molar-refractivity contribution >= 4 is 35.8 Å². The molecule has 0 rings (SSSR count). The fraction of sp³-hybridized carbons (Fsp3) is 0.800. The summed E-state index contributed by atoms with van der Waals surface area (Å²) in [7, 11) is 0. The summed E-state index contributed by atoms with van der Waals surface area (Å²) in [6.07, 6.45) is -8.21. The first-order valence-electron chi connectivity index (χ1n) is 16.1. The summed E-state index contributed by atoms with van der Waals surface area (Å²) in [4.78, 5) is 66.3. The molecule has 0 aliphatic carbocycles. The van der Waals surface area contributed by atoms with Crippen LogP contribution in [0.5, 0.6) is 0 Å². The molecule has 0 heterocycles. The number of aliphatic hydroxyl groups excluding tert-OH is 12. The van der Waals surface area contributed by atoms with Gasteiger partial charge in [-0.25, -0.2) is 0 Å². The Morgan fingerprint density at radius 3 is 0.481 bits per heavy atom. The van der Waals surface area contributed by atoms with Crippen LogP contribution in [0.25, 0.3) is 0 Å². The summed E-state index contributed by atoms with van der Waals surface area (Å²) < 4.78 is 27.3. The second-order valence-corrected chi connectivity index (χ2v) is 10.6. The van der Waals surface area contributed by atoms with Crippen molar-refractivity contribution in [2.24, 2.45) is 0 Å². The molecule has 0 saturated heterocycles. The molecule has 0 aromatic carbocycles. The zero-order valence-corrected chi connectivity index (χ0v) is 29.5. The molecule has 0 aromatic heterocycles. The van der Waals surface area contributed by atoms with E-state index in [2.05, 4.69) is 28.4 Å². The van der Waals surface area contributed by atoms with Gasteiger partial charge in [-0.1, -0.05) is 0 Å². The van der Waals surface area contributed by atoms with E-state index in [1.165, 1.54) is 0 Å². The van der Waals surface area contributed by atoms with E-state index in [1.807, 2.05) is 0 Å². The first-order valence-corrected chi connectivity index (χ1v) is 16.1. The van der Waals surface area contributed by atoms with Crippen LogP contribution in [0.1, 0.15) is 38.5 Å². The molecule has 0 aliphatic rings. The Morgan fingerprint density at radius 2 is 0.389 bits per heavy atom. The monoisotopic (exact) mass is 798 g/mol. The normalized spacial score (nSPS) is 13.8. The maximum atomic E-state index is 11.1. The predicted molar refractivity (Wildman–Crippen MR) is 172 cm³/mol. The van der Waals surface area contributed by atoms with Gasteiger partial charge in [0.05, 0.1) is 78.2 Å². The minimum Gasteiger partial charge on any atom is -0.463 e. The molecule has 0 radical (unpaired) electrons. The van der Waals surface area contributed by atoms with E-state index in [0.29, 0.717) is 0 Å². The van der Waals surface area contributed by atoms with Crippen LogP contribution in [0.15, 0.2) is 0 Å². The molecule has 24 nitrogen and oxygen atoms in total. The standard InChI is InChI=1S/3C10H18O8/c3*11-3-7(13)5-17-9(15)1-2-10(16)18-6-8(14)4-12/h3*7-8,11-14H,1-6H2. The lowest BCUT2D eigenvalue weighted by Gasteiger charge is -2.09. The Hall–Kier alpha value is -3.66. The lowest BCUT2D eigenvalue weighted by atomic mass is 10.3. The summed E-state index contributed by atoms with van der Waals surface area (Å²) in [6.45, 7) is -5.15. The second kappa shape index (κ2) is 36.3. The van der Waals surface area contributed by atoms with Gasteiger partial charge in [-0.2, -0.15) is 0 Å². The third-order valence-corrected chi connectivity index (χ3v) is 5.48. The Kier molecular flexibility index (Phi) is 36.8. The molecule has 24 heteroatoms. The van der Waals surface area contributed by atoms with E-state index in [1.54, 1.807) is 0 Å². The smallest absolute Gasteiger partial charge is 0.306 e. The van der Waals surface area contributed by atoms with Crippen molar-refractivity contribution in [3.8, 4) is 0 Å². The van der Waals surface area contributed by atoms with Crippen molar-refractivity contribution in [3.63, 3.8) is 0 Å². The molecule has 54 heavy (non-hydrogen) atoms. The highest BCUT2D eigenvalue weighted by atomic mass is 16.6. The summed E-state index contributed by atoms with van der Waals surface area (Å²) in [5.41, 5.74) is 0. The van der Waals surface area contributed by atoms with E-state index in [9.17, 15) is 28.8 Å². The van der Waals surface area contributed by atoms with Crippen LogP contribution in [0.2, 0.25) is 0 Å². The maximum absolute atomic E-state index is 11.1. The van der Waals surface area contributed by atoms with Crippen LogP contribution in [-0.4, -0.2) is 213 Å². The fourth-order valence-electron chi connectivity index (χ4n) is 2.50. The van der Waals surface area contributed by atoms with Gasteiger partial charge in [0, 0.05) is 0 Å². The van der Waals surface area contributed by atoms with Crippen molar-refractivity contribution in [3.05, 3.63) is 0 Å². The summed E-state index contributed by atoms with van der Waals surface area (Å²) >= 11 is 0. The molecule has 0 bridgehead atoms. The molecule has 0 aliphatic heterocycles. The van der Waals surface area contributed by atoms with Gasteiger partial charge in [0.15, 0.2) is 0 Å². The Bertz CT molecular complexity index is 808. The number of esters is 6. The number of carbonyl (C=O) groups excluding carboxylic acids is 6. The lowest BCUT2D eigenvalue weighted by molar-refractivity contribution is -0.154. The highest BCUT2D eigenvalue weighted by Crippen LogP contribution is 2.00. The molecule has 318 valence electrons. The molecule has 12 N–H and O–H groups in total. The van der Waals surface area contributed by atoms with Crippen molar-refractivity contribution in [2.75, 3.05) is 79.3 Å². The number of rotatable bonds is 27. The minimum atomic E-state index is -1.14. The van der Waals surface area contributed by atoms with Crippen LogP contribution in [0.3, 0.4) is 0 Å². The number of hydrogen-bond donors (Lipinski definition) is 12. The van der Waals surface area contributed by atoms with Gasteiger partial charge < -0.3 is 89.7 Å². The van der Waals surface area contributed by atoms with Crippen LogP contribution in [0.4, 0.5) is 0 Å². The van der Waals surface area contributed by atoms with Crippen LogP contribution in [-0.2, 0) is 57.2 Å². The van der Waals surface area contributed by atoms with Crippen LogP contribution < -0.4 is 0 Å². The number of aliphatic hydroxyl groups is 12. The molecule has 0 fully saturated rings. The molecule has 6 atom stereocenters. The van der Waals surface area contributed by atoms with Crippen LogP contribution in [0, 0.1) is 0 Å². The second-order valence-electron chi connectivity index (χ2n) is 10.6. The highest BCUT2D eigenvalue weighted by Gasteiger charge is 2.15. The van der Waals surface area contributed by atoms with Crippen molar-refractivity contribution < 1.29 is 118 Å². The van der Waals surface area contributed by atoms with E-state index in [0.717, 1.165) is 0 Å². The molecule has 0 spiro atoms. The number of ether oxygens (including phenoxy) is 6. The zero-order chi connectivity index (χ0) is 41.9. The first kappa shape index (κ1) is 54.7. The number of carbonyl (C=O) groups is 6. The molecule has 0 amide bonds. The molecular weight excluding hydrogens is 744 g/mol. The predicted octanol–water partition coefficient (Wildman–Crippen LogP) is -7.32. The third kappa shape index (κ3) is 38.1. The van der Waals surface area contributed by atoms with E-state index in [4.69, 9.17) is 61.3 Å². The Balaban J connectivity index is -0.000000722. The van der Waals surface area contributed by atoms with Gasteiger partial charge in [0.25, 0.3) is 0 Å². The average molecular weight is 799 g/mol. The average Bonchev–Trinajstić information content (AvgIpc) is 3.18. The maximum Gasteiger partial charge on any atom is 0.306 e. The topological polar surface area (TPSA) is 401 Å². The highest BCUT2D eigenvalue weighted by molar-refractivity contribution is 5.78. The molecular formula is C30H54O24. The molecule has 6 unspecified atom stereocenters. The van der Waals surface area contributed by atoms with Gasteiger partial charge in [-0.15, -0.1) is 0 Å². The van der Waals surface area contributed by atoms with Gasteiger partial charge in [-0.3, -0.25) is 28.8 Å². The van der Waals surface area contributed by atoms with Gasteiger partial charge in [0.2, 0.25) is 0 Å². The van der Waals surface area contributed by atoms with Crippen molar-refractivity contribution in [1.82, 2.24) is 0 Å². The van der Waals surface area contributed by atoms with Gasteiger partial charge in [-0.05, 0) is 0 Å². The lowest BCUT2D eigenvalue weighted by Crippen LogP contribution is -2.23. The first-order chi connectivity index (χ1) is 25.5. The summed E-state index contributed by atoms with van der Waals surface area (Å²) in [6, 6.07) is 0. The number of hydrogen-bond acceptors (Lipinski definition) is 24. The minimum absolute atomic E-state index is 0.230. The summed E-state index contributed by atoms with van der Waals surface area (Å²) in [5.74, 6) is -4.24. The van der Waals surface area contributed by atoms with E-state index < -0.39 is 112 Å². The molecule has 0 saturated carbocycles. The Labute approximate surface area is 309 Å². The van der Waals surface area contributed by atoms with Gasteiger partial charge in [0.1, 0.15) is 76.3 Å². The quantitative estimate of drug-likeness (QED) is 0.0271. The largest absolute Gasteiger partial charge is 0.463 e. The fourth-order valence-corrected chi connectivity index (χ4v) is 2.50. The Morgan fingerprint density at radius 1 is 0.278 bits per heavy atom. The van der Waals surface area contributed by atoms with Gasteiger partial charge >= 0.3 is 35.8 Å². The van der Waals surface area contributed by atoms with E-state index >= 15 is 0 Å². The molecule has 0 aromatic rings. The third-order valence-electron chi connectivity index (χ3n) is 5.48.